The Labute approximate surface area is 82.0 Å². The van der Waals surface area contributed by atoms with E-state index in [2.05, 4.69) is 27.8 Å². The van der Waals surface area contributed by atoms with E-state index in [1.807, 2.05) is 0 Å². The van der Waals surface area contributed by atoms with Gasteiger partial charge in [-0.05, 0) is 19.8 Å². The molecule has 0 rings (SSSR count). The molecule has 0 N–H and O–H groups in total. The zero-order valence-electron chi connectivity index (χ0n) is 9.38. The molecular formula is C10H23NO2. The van der Waals surface area contributed by atoms with Gasteiger partial charge in [-0.3, -0.25) is 0 Å². The van der Waals surface area contributed by atoms with Crippen molar-refractivity contribution in [2.75, 3.05) is 26.7 Å². The maximum absolute atomic E-state index is 8.25. The highest BCUT2D eigenvalue weighted by Crippen LogP contribution is 2.04. The normalized spacial score (nSPS) is 10.2. The first-order valence-electron chi connectivity index (χ1n) is 4.99. The fourth-order valence-corrected chi connectivity index (χ4v) is 1.51. The van der Waals surface area contributed by atoms with Gasteiger partial charge in [0.1, 0.15) is 0 Å². The zero-order chi connectivity index (χ0) is 10.7. The lowest BCUT2D eigenvalue weighted by atomic mass is 10.3. The van der Waals surface area contributed by atoms with Gasteiger partial charge in [0.15, 0.2) is 0 Å². The van der Waals surface area contributed by atoms with E-state index in [9.17, 15) is 0 Å². The molecule has 0 radical (unpaired) electrons. The van der Waals surface area contributed by atoms with E-state index in [1.54, 1.807) is 0 Å². The molecule has 0 spiro atoms. The van der Waals surface area contributed by atoms with Gasteiger partial charge in [-0.1, -0.05) is 13.8 Å². The van der Waals surface area contributed by atoms with Crippen molar-refractivity contribution in [1.82, 2.24) is 0 Å². The van der Waals surface area contributed by atoms with Gasteiger partial charge in [0.25, 0.3) is 0 Å². The molecule has 0 saturated carbocycles. The van der Waals surface area contributed by atoms with E-state index in [-0.39, 0.29) is 0 Å². The molecule has 0 aromatic rings. The van der Waals surface area contributed by atoms with Gasteiger partial charge in [0, 0.05) is 6.47 Å². The molecule has 3 nitrogen and oxygen atoms in total. The summed E-state index contributed by atoms with van der Waals surface area (Å²) >= 11 is 0. The predicted molar refractivity (Wildman–Crippen MR) is 53.1 cm³/mol. The molecule has 0 aliphatic heterocycles. The number of quaternary nitrogens is 1. The molecule has 0 unspecified atom stereocenters. The van der Waals surface area contributed by atoms with Crippen LogP contribution in [-0.4, -0.2) is 37.6 Å². The maximum atomic E-state index is 8.25. The Kier molecular flexibility index (Phi) is 10.9. The van der Waals surface area contributed by atoms with Crippen molar-refractivity contribution >= 4 is 6.47 Å². The fourth-order valence-electron chi connectivity index (χ4n) is 1.51. The molecule has 13 heavy (non-hydrogen) atoms. The van der Waals surface area contributed by atoms with E-state index >= 15 is 0 Å². The largest absolute Gasteiger partial charge is 0.554 e. The van der Waals surface area contributed by atoms with Crippen molar-refractivity contribution in [2.45, 2.75) is 33.6 Å². The van der Waals surface area contributed by atoms with Gasteiger partial charge < -0.3 is 14.4 Å². The number of rotatable bonds is 5. The Balaban J connectivity index is 0. The summed E-state index contributed by atoms with van der Waals surface area (Å²) in [7, 11) is 2.35. The van der Waals surface area contributed by atoms with E-state index in [4.69, 9.17) is 9.90 Å². The van der Waals surface area contributed by atoms with Crippen molar-refractivity contribution in [3.05, 3.63) is 0 Å². The molecule has 0 aliphatic rings. The van der Waals surface area contributed by atoms with E-state index < -0.39 is 6.47 Å². The molecule has 3 heteroatoms. The quantitative estimate of drug-likeness (QED) is 0.470. The van der Waals surface area contributed by atoms with Crippen molar-refractivity contribution in [2.24, 2.45) is 0 Å². The van der Waals surface area contributed by atoms with Gasteiger partial charge in [0.2, 0.25) is 0 Å². The lowest BCUT2D eigenvalue weighted by Gasteiger charge is -2.32. The Morgan fingerprint density at radius 1 is 1.15 bits per heavy atom. The first-order chi connectivity index (χ1) is 6.10. The third kappa shape index (κ3) is 9.34. The summed E-state index contributed by atoms with van der Waals surface area (Å²) < 4.78 is 1.26. The number of carbonyl (C=O) groups is 1. The van der Waals surface area contributed by atoms with Gasteiger partial charge in [-0.25, -0.2) is 0 Å². The molecular weight excluding hydrogens is 166 g/mol. The summed E-state index contributed by atoms with van der Waals surface area (Å²) in [5.74, 6) is 0. The summed E-state index contributed by atoms with van der Waals surface area (Å²) in [6.07, 6.45) is 2.62. The lowest BCUT2D eigenvalue weighted by Crippen LogP contribution is -2.44. The van der Waals surface area contributed by atoms with Crippen molar-refractivity contribution < 1.29 is 14.4 Å². The molecule has 0 atom stereocenters. The number of nitrogens with zero attached hydrogens (tertiary/aromatic N) is 1. The first kappa shape index (κ1) is 14.9. The molecule has 0 saturated heterocycles. The van der Waals surface area contributed by atoms with E-state index in [1.165, 1.54) is 37.0 Å². The van der Waals surface area contributed by atoms with Crippen molar-refractivity contribution in [1.29, 1.82) is 0 Å². The number of hydrogen-bond donors (Lipinski definition) is 0. The second-order valence-corrected chi connectivity index (χ2v) is 3.48. The van der Waals surface area contributed by atoms with Crippen LogP contribution in [0.3, 0.4) is 0 Å². The first-order valence-corrected chi connectivity index (χ1v) is 4.99. The Bertz CT molecular complexity index is 109. The average molecular weight is 189 g/mol. The van der Waals surface area contributed by atoms with Gasteiger partial charge in [-0.2, -0.15) is 0 Å². The molecule has 0 aliphatic carbocycles. The lowest BCUT2D eigenvalue weighted by molar-refractivity contribution is -0.907. The maximum Gasteiger partial charge on any atom is 0.0781 e. The van der Waals surface area contributed by atoms with Crippen LogP contribution in [-0.2, 0) is 4.79 Å². The molecule has 0 heterocycles. The summed E-state index contributed by atoms with van der Waals surface area (Å²) in [6.45, 7) is 10.3. The standard InChI is InChI=1S/C9H22N.CH2O2/c1-5-8-10(4,7-3)9-6-2;2-1-3/h5-9H2,1-4H3;1H,(H,2,3)/q+1;/p-1. The Morgan fingerprint density at radius 3 is 1.62 bits per heavy atom. The molecule has 0 bridgehead atoms. The van der Waals surface area contributed by atoms with Crippen LogP contribution in [0.4, 0.5) is 0 Å². The minimum absolute atomic E-state index is 0.500. The minimum Gasteiger partial charge on any atom is -0.554 e. The highest BCUT2D eigenvalue weighted by atomic mass is 16.3. The fraction of sp³-hybridized carbons (Fsp3) is 0.900. The second kappa shape index (κ2) is 9.52. The van der Waals surface area contributed by atoms with Gasteiger partial charge >= 0.3 is 0 Å². The third-order valence-electron chi connectivity index (χ3n) is 2.29. The highest BCUT2D eigenvalue weighted by Gasteiger charge is 2.15. The summed E-state index contributed by atoms with van der Waals surface area (Å²) in [4.78, 5) is 8.25. The summed E-state index contributed by atoms with van der Waals surface area (Å²) in [5.41, 5.74) is 0. The number of carboxylic acid groups (broad SMARTS) is 1. The van der Waals surface area contributed by atoms with Crippen LogP contribution in [0.2, 0.25) is 0 Å². The average Bonchev–Trinajstić information content (AvgIpc) is 2.07. The molecule has 0 amide bonds. The van der Waals surface area contributed by atoms with E-state index in [0.717, 1.165) is 0 Å². The molecule has 80 valence electrons. The van der Waals surface area contributed by atoms with Crippen molar-refractivity contribution in [3.63, 3.8) is 0 Å². The third-order valence-corrected chi connectivity index (χ3v) is 2.29. The van der Waals surface area contributed by atoms with Crippen LogP contribution in [0.5, 0.6) is 0 Å². The molecule has 0 fully saturated rings. The van der Waals surface area contributed by atoms with Crippen molar-refractivity contribution in [3.8, 4) is 0 Å². The van der Waals surface area contributed by atoms with Crippen LogP contribution < -0.4 is 5.11 Å². The summed E-state index contributed by atoms with van der Waals surface area (Å²) in [5, 5.41) is 8.25. The summed E-state index contributed by atoms with van der Waals surface area (Å²) in [6, 6.07) is 0. The van der Waals surface area contributed by atoms with Crippen LogP contribution >= 0.6 is 0 Å². The van der Waals surface area contributed by atoms with Gasteiger partial charge in [-0.15, -0.1) is 0 Å². The number of hydrogen-bond acceptors (Lipinski definition) is 2. The smallest absolute Gasteiger partial charge is 0.0781 e. The minimum atomic E-state index is -0.500. The highest BCUT2D eigenvalue weighted by molar-refractivity contribution is 5.29. The Hall–Kier alpha value is -0.570. The van der Waals surface area contributed by atoms with Crippen LogP contribution in [0.1, 0.15) is 33.6 Å². The van der Waals surface area contributed by atoms with Gasteiger partial charge in [0.05, 0.1) is 26.7 Å². The Morgan fingerprint density at radius 2 is 1.46 bits per heavy atom. The SMILES string of the molecule is CCC[N+](C)(CC)CCC.O=C[O-]. The number of carbonyl (C=O) groups excluding carboxylic acids is 1. The van der Waals surface area contributed by atoms with E-state index in [0.29, 0.717) is 0 Å². The van der Waals surface area contributed by atoms with Crippen LogP contribution in [0, 0.1) is 0 Å². The molecule has 0 aromatic carbocycles. The predicted octanol–water partition coefficient (Wildman–Crippen LogP) is 0.639. The topological polar surface area (TPSA) is 40.1 Å². The van der Waals surface area contributed by atoms with Crippen LogP contribution in [0.25, 0.3) is 0 Å². The second-order valence-electron chi connectivity index (χ2n) is 3.48. The zero-order valence-corrected chi connectivity index (χ0v) is 9.38. The monoisotopic (exact) mass is 189 g/mol. The van der Waals surface area contributed by atoms with Crippen LogP contribution in [0.15, 0.2) is 0 Å². The molecule has 0 aromatic heterocycles.